The Kier molecular flexibility index (Phi) is 4.49. The first-order chi connectivity index (χ1) is 8.57. The topological polar surface area (TPSA) is 12.0 Å². The van der Waals surface area contributed by atoms with Crippen molar-refractivity contribution in [1.29, 1.82) is 0 Å². The van der Waals surface area contributed by atoms with E-state index in [0.717, 1.165) is 0 Å². The van der Waals surface area contributed by atoms with Crippen LogP contribution in [-0.2, 0) is 0 Å². The molecule has 0 aliphatic heterocycles. The van der Waals surface area contributed by atoms with Crippen molar-refractivity contribution in [3.05, 3.63) is 23.3 Å². The van der Waals surface area contributed by atoms with E-state index in [9.17, 15) is 0 Å². The zero-order chi connectivity index (χ0) is 13.2. The zero-order valence-corrected chi connectivity index (χ0v) is 13.7. The predicted octanol–water partition coefficient (Wildman–Crippen LogP) is 3.97. The first-order valence-corrected chi connectivity index (χ1v) is 10.6. The Morgan fingerprint density at radius 2 is 1.89 bits per heavy atom. The van der Waals surface area contributed by atoms with E-state index in [1.165, 1.54) is 44.1 Å². The van der Waals surface area contributed by atoms with Crippen LogP contribution < -0.4 is 5.32 Å². The van der Waals surface area contributed by atoms with Crippen LogP contribution in [0.3, 0.4) is 0 Å². The van der Waals surface area contributed by atoms with Gasteiger partial charge in [-0.05, 0) is 31.8 Å². The fraction of sp³-hybridized carbons (Fsp3) is 0.750. The average molecular weight is 264 g/mol. The van der Waals surface area contributed by atoms with Gasteiger partial charge in [0.15, 0.2) is 0 Å². The van der Waals surface area contributed by atoms with Gasteiger partial charge in [0, 0.05) is 11.2 Å². The maximum absolute atomic E-state index is 4.03. The van der Waals surface area contributed by atoms with Gasteiger partial charge in [-0.15, -0.1) is 0 Å². The minimum absolute atomic E-state index is 0.507. The molecular weight excluding hydrogens is 234 g/mol. The average Bonchev–Trinajstić information content (AvgIpc) is 2.70. The lowest BCUT2D eigenvalue weighted by molar-refractivity contribution is 0.316. The summed E-state index contributed by atoms with van der Waals surface area (Å²) in [5.74, 6) is 0. The van der Waals surface area contributed by atoms with Crippen molar-refractivity contribution in [2.24, 2.45) is 0 Å². The maximum Gasteiger partial charge on any atom is 0.0545 e. The Morgan fingerprint density at radius 3 is 2.39 bits per heavy atom. The molecule has 1 saturated carbocycles. The summed E-state index contributed by atoms with van der Waals surface area (Å²) in [6, 6.07) is 0.507. The van der Waals surface area contributed by atoms with E-state index in [1.54, 1.807) is 5.57 Å². The van der Waals surface area contributed by atoms with Gasteiger partial charge in [0.05, 0.1) is 8.80 Å². The molecule has 2 aliphatic rings. The van der Waals surface area contributed by atoms with Gasteiger partial charge in [-0.2, -0.15) is 0 Å². The van der Waals surface area contributed by atoms with Crippen LogP contribution in [0, 0.1) is 0 Å². The van der Waals surface area contributed by atoms with E-state index in [-0.39, 0.29) is 0 Å². The van der Waals surface area contributed by atoms with E-state index in [2.05, 4.69) is 44.4 Å². The summed E-state index contributed by atoms with van der Waals surface area (Å²) in [6.07, 6.45) is 13.2. The SMILES string of the molecule is CCC1=CC(NC2([SiH](C)C)CCCCC2)C=C1C. The monoisotopic (exact) mass is 263 g/mol. The lowest BCUT2D eigenvalue weighted by atomic mass is 9.93. The van der Waals surface area contributed by atoms with E-state index < -0.39 is 8.80 Å². The lowest BCUT2D eigenvalue weighted by Gasteiger charge is -2.43. The zero-order valence-electron chi connectivity index (χ0n) is 12.6. The molecule has 0 aromatic carbocycles. The van der Waals surface area contributed by atoms with Gasteiger partial charge in [-0.3, -0.25) is 0 Å². The normalized spacial score (nSPS) is 27.3. The Labute approximate surface area is 114 Å². The molecule has 0 aromatic heterocycles. The van der Waals surface area contributed by atoms with Gasteiger partial charge < -0.3 is 5.32 Å². The first kappa shape index (κ1) is 14.1. The van der Waals surface area contributed by atoms with Crippen LogP contribution >= 0.6 is 0 Å². The number of rotatable bonds is 4. The minimum Gasteiger partial charge on any atom is -0.305 e. The van der Waals surface area contributed by atoms with Crippen LogP contribution in [0.15, 0.2) is 23.3 Å². The van der Waals surface area contributed by atoms with Crippen LogP contribution in [0.2, 0.25) is 13.1 Å². The summed E-state index contributed by atoms with van der Waals surface area (Å²) < 4.78 is 0. The Bertz CT molecular complexity index is 348. The van der Waals surface area contributed by atoms with Crippen LogP contribution in [0.1, 0.15) is 52.4 Å². The second kappa shape index (κ2) is 5.75. The van der Waals surface area contributed by atoms with Crippen LogP contribution in [0.25, 0.3) is 0 Å². The standard InChI is InChI=1S/C16H29NSi/c1-5-14-12-15(11-13(14)2)17-16(18(3)4)9-7-6-8-10-16/h11-12,15,17-18H,5-10H2,1-4H3. The second-order valence-corrected chi connectivity index (χ2v) is 9.85. The van der Waals surface area contributed by atoms with Crippen molar-refractivity contribution in [3.8, 4) is 0 Å². The van der Waals surface area contributed by atoms with Gasteiger partial charge in [-0.1, -0.05) is 57.0 Å². The molecule has 1 nitrogen and oxygen atoms in total. The molecule has 2 rings (SSSR count). The highest BCUT2D eigenvalue weighted by atomic mass is 28.3. The number of hydrogen-bond acceptors (Lipinski definition) is 1. The molecule has 0 radical (unpaired) electrons. The van der Waals surface area contributed by atoms with E-state index >= 15 is 0 Å². The summed E-state index contributed by atoms with van der Waals surface area (Å²) in [6.45, 7) is 9.57. The first-order valence-electron chi connectivity index (χ1n) is 7.74. The third-order valence-corrected chi connectivity index (χ3v) is 7.96. The number of nitrogens with one attached hydrogen (secondary N) is 1. The maximum atomic E-state index is 4.03. The van der Waals surface area contributed by atoms with Crippen molar-refractivity contribution in [1.82, 2.24) is 5.32 Å². The molecule has 0 saturated heterocycles. The minimum atomic E-state index is -0.663. The molecule has 1 fully saturated rings. The molecule has 1 atom stereocenters. The Balaban J connectivity index is 2.09. The summed E-state index contributed by atoms with van der Waals surface area (Å²) in [7, 11) is -0.663. The Morgan fingerprint density at radius 1 is 1.22 bits per heavy atom. The molecule has 0 spiro atoms. The second-order valence-electron chi connectivity index (χ2n) is 6.44. The molecular formula is C16H29NSi. The summed E-state index contributed by atoms with van der Waals surface area (Å²) in [5, 5.41) is 4.55. The van der Waals surface area contributed by atoms with Crippen molar-refractivity contribution in [2.75, 3.05) is 0 Å². The molecule has 1 unspecified atom stereocenters. The molecule has 2 heteroatoms. The summed E-state index contributed by atoms with van der Waals surface area (Å²) >= 11 is 0. The van der Waals surface area contributed by atoms with E-state index in [1.807, 2.05) is 0 Å². The molecule has 0 amide bonds. The van der Waals surface area contributed by atoms with E-state index in [0.29, 0.717) is 11.2 Å². The smallest absolute Gasteiger partial charge is 0.0545 e. The fourth-order valence-electron chi connectivity index (χ4n) is 3.66. The van der Waals surface area contributed by atoms with Crippen molar-refractivity contribution in [2.45, 2.75) is 76.7 Å². The molecule has 2 aliphatic carbocycles. The highest BCUT2D eigenvalue weighted by Gasteiger charge is 2.37. The molecule has 0 heterocycles. The van der Waals surface area contributed by atoms with Gasteiger partial charge in [0.25, 0.3) is 0 Å². The highest BCUT2D eigenvalue weighted by molar-refractivity contribution is 6.59. The molecule has 1 N–H and O–H groups in total. The Hall–Kier alpha value is -0.343. The predicted molar refractivity (Wildman–Crippen MR) is 83.7 cm³/mol. The molecule has 0 bridgehead atoms. The van der Waals surface area contributed by atoms with Gasteiger partial charge >= 0.3 is 0 Å². The van der Waals surface area contributed by atoms with E-state index in [4.69, 9.17) is 0 Å². The van der Waals surface area contributed by atoms with Crippen molar-refractivity contribution < 1.29 is 0 Å². The molecule has 18 heavy (non-hydrogen) atoms. The summed E-state index contributed by atoms with van der Waals surface area (Å²) in [4.78, 5) is 0. The van der Waals surface area contributed by atoms with Crippen LogP contribution in [0.4, 0.5) is 0 Å². The molecule has 102 valence electrons. The van der Waals surface area contributed by atoms with Gasteiger partial charge in [0.2, 0.25) is 0 Å². The number of allylic oxidation sites excluding steroid dienone is 2. The van der Waals surface area contributed by atoms with Crippen LogP contribution in [0.5, 0.6) is 0 Å². The largest absolute Gasteiger partial charge is 0.305 e. The summed E-state index contributed by atoms with van der Waals surface area (Å²) in [5.41, 5.74) is 3.04. The van der Waals surface area contributed by atoms with Gasteiger partial charge in [-0.25, -0.2) is 0 Å². The quantitative estimate of drug-likeness (QED) is 0.757. The number of hydrogen-bond donors (Lipinski definition) is 1. The van der Waals surface area contributed by atoms with Crippen molar-refractivity contribution in [3.63, 3.8) is 0 Å². The van der Waals surface area contributed by atoms with Gasteiger partial charge in [0.1, 0.15) is 0 Å². The fourth-order valence-corrected chi connectivity index (χ4v) is 5.74. The lowest BCUT2D eigenvalue weighted by Crippen LogP contribution is -2.58. The highest BCUT2D eigenvalue weighted by Crippen LogP contribution is 2.32. The molecule has 0 aromatic rings. The third-order valence-electron chi connectivity index (χ3n) is 5.00. The van der Waals surface area contributed by atoms with Crippen molar-refractivity contribution >= 4 is 8.80 Å². The van der Waals surface area contributed by atoms with Crippen LogP contribution in [-0.4, -0.2) is 20.0 Å². The third kappa shape index (κ3) is 2.80.